The Morgan fingerprint density at radius 1 is 1.33 bits per heavy atom. The summed E-state index contributed by atoms with van der Waals surface area (Å²) >= 11 is 5.84. The molecule has 0 unspecified atom stereocenters. The van der Waals surface area contributed by atoms with Gasteiger partial charge in [0.2, 0.25) is 5.78 Å². The van der Waals surface area contributed by atoms with E-state index in [1.165, 1.54) is 13.0 Å². The molecular weight excluding hydrogens is 294 g/mol. The molecule has 6 heteroatoms. The van der Waals surface area contributed by atoms with Crippen molar-refractivity contribution in [2.24, 2.45) is 0 Å². The summed E-state index contributed by atoms with van der Waals surface area (Å²) in [7, 11) is 0. The highest BCUT2D eigenvalue weighted by atomic mass is 35.5. The number of Topliss-reactive ketones (excluding diaryl/α,β-unsaturated/α-hetero) is 1. The van der Waals surface area contributed by atoms with Crippen LogP contribution in [0.4, 0.5) is 0 Å². The predicted molar refractivity (Wildman–Crippen MR) is 76.6 cm³/mol. The van der Waals surface area contributed by atoms with Gasteiger partial charge in [0.25, 0.3) is 0 Å². The van der Waals surface area contributed by atoms with Crippen LogP contribution in [0.15, 0.2) is 28.8 Å². The molecular formula is C15H14ClNO4. The molecule has 1 atom stereocenters. The molecule has 21 heavy (non-hydrogen) atoms. The number of halogens is 1. The van der Waals surface area contributed by atoms with E-state index >= 15 is 0 Å². The Kier molecular flexibility index (Phi) is 4.43. The van der Waals surface area contributed by atoms with Crippen LogP contribution in [0.1, 0.15) is 39.1 Å². The van der Waals surface area contributed by atoms with Crippen LogP contribution in [-0.4, -0.2) is 23.0 Å². The number of nitrogens with zero attached hydrogens (tertiary/aromatic N) is 1. The first-order chi connectivity index (χ1) is 9.90. The summed E-state index contributed by atoms with van der Waals surface area (Å²) in [5, 5.41) is 4.13. The minimum absolute atomic E-state index is 0.251. The average molecular weight is 308 g/mol. The Bertz CT molecular complexity index is 673. The van der Waals surface area contributed by atoms with E-state index in [0.29, 0.717) is 22.0 Å². The first-order valence-corrected chi connectivity index (χ1v) is 6.71. The molecule has 0 aliphatic carbocycles. The number of benzene rings is 1. The molecule has 0 saturated heterocycles. The lowest BCUT2D eigenvalue weighted by atomic mass is 10.1. The minimum Gasteiger partial charge on any atom is -0.451 e. The van der Waals surface area contributed by atoms with Crippen molar-refractivity contribution in [3.8, 4) is 0 Å². The van der Waals surface area contributed by atoms with Gasteiger partial charge in [0.15, 0.2) is 6.10 Å². The second-order valence-electron chi connectivity index (χ2n) is 4.62. The zero-order valence-corrected chi connectivity index (χ0v) is 12.6. The molecule has 1 aromatic heterocycles. The largest absolute Gasteiger partial charge is 0.451 e. The van der Waals surface area contributed by atoms with E-state index in [-0.39, 0.29) is 11.3 Å². The van der Waals surface area contributed by atoms with Gasteiger partial charge >= 0.3 is 5.97 Å². The second-order valence-corrected chi connectivity index (χ2v) is 5.06. The Morgan fingerprint density at radius 3 is 2.62 bits per heavy atom. The summed E-state index contributed by atoms with van der Waals surface area (Å²) < 4.78 is 10.1. The number of aryl methyl sites for hydroxylation is 2. The second kappa shape index (κ2) is 6.10. The van der Waals surface area contributed by atoms with Crippen LogP contribution in [0, 0.1) is 13.8 Å². The quantitative estimate of drug-likeness (QED) is 0.640. The topological polar surface area (TPSA) is 69.4 Å². The van der Waals surface area contributed by atoms with E-state index in [1.807, 2.05) is 0 Å². The van der Waals surface area contributed by atoms with Crippen molar-refractivity contribution >= 4 is 23.4 Å². The van der Waals surface area contributed by atoms with Crippen LogP contribution >= 0.6 is 11.6 Å². The van der Waals surface area contributed by atoms with Crippen LogP contribution in [0.2, 0.25) is 5.02 Å². The summed E-state index contributed by atoms with van der Waals surface area (Å²) in [4.78, 5) is 24.3. The number of hydrogen-bond acceptors (Lipinski definition) is 5. The highest BCUT2D eigenvalue weighted by Gasteiger charge is 2.24. The zero-order valence-electron chi connectivity index (χ0n) is 11.8. The monoisotopic (exact) mass is 307 g/mol. The molecule has 1 aromatic carbocycles. The maximum absolute atomic E-state index is 12.2. The number of ketones is 1. The van der Waals surface area contributed by atoms with Crippen molar-refractivity contribution in [2.45, 2.75) is 26.9 Å². The van der Waals surface area contributed by atoms with E-state index in [1.54, 1.807) is 32.0 Å². The van der Waals surface area contributed by atoms with Crippen LogP contribution in [0.25, 0.3) is 0 Å². The SMILES string of the molecule is Cc1noc(C)c1C(=O)O[C@@H](C)C(=O)c1cccc(Cl)c1. The number of ether oxygens (including phenoxy) is 1. The summed E-state index contributed by atoms with van der Waals surface area (Å²) in [6.07, 6.45) is -0.926. The van der Waals surface area contributed by atoms with E-state index in [4.69, 9.17) is 20.9 Å². The summed E-state index contributed by atoms with van der Waals surface area (Å²) in [6.45, 7) is 4.76. The van der Waals surface area contributed by atoms with Crippen LogP contribution in [0.3, 0.4) is 0 Å². The molecule has 5 nitrogen and oxygen atoms in total. The first kappa shape index (κ1) is 15.3. The fourth-order valence-electron chi connectivity index (χ4n) is 1.92. The summed E-state index contributed by atoms with van der Waals surface area (Å²) in [5.41, 5.74) is 1.07. The molecule has 0 N–H and O–H groups in total. The van der Waals surface area contributed by atoms with Crippen LogP contribution in [-0.2, 0) is 4.74 Å². The van der Waals surface area contributed by atoms with Crippen molar-refractivity contribution in [3.05, 3.63) is 51.9 Å². The van der Waals surface area contributed by atoms with Gasteiger partial charge in [-0.1, -0.05) is 28.9 Å². The minimum atomic E-state index is -0.926. The number of carbonyl (C=O) groups excluding carboxylic acids is 2. The van der Waals surface area contributed by atoms with E-state index in [2.05, 4.69) is 5.16 Å². The highest BCUT2D eigenvalue weighted by molar-refractivity contribution is 6.31. The van der Waals surface area contributed by atoms with Crippen molar-refractivity contribution in [1.82, 2.24) is 5.16 Å². The molecule has 0 bridgehead atoms. The maximum atomic E-state index is 12.2. The summed E-state index contributed by atoms with van der Waals surface area (Å²) in [6, 6.07) is 6.48. The lowest BCUT2D eigenvalue weighted by Gasteiger charge is -2.12. The van der Waals surface area contributed by atoms with Gasteiger partial charge in [-0.25, -0.2) is 4.79 Å². The third-order valence-corrected chi connectivity index (χ3v) is 3.23. The fourth-order valence-corrected chi connectivity index (χ4v) is 2.11. The van der Waals surface area contributed by atoms with Crippen molar-refractivity contribution in [1.29, 1.82) is 0 Å². The van der Waals surface area contributed by atoms with Gasteiger partial charge in [0, 0.05) is 10.6 Å². The third-order valence-electron chi connectivity index (χ3n) is 3.00. The molecule has 2 rings (SSSR count). The Morgan fingerprint density at radius 2 is 2.05 bits per heavy atom. The Hall–Kier alpha value is -2.14. The van der Waals surface area contributed by atoms with Gasteiger partial charge in [-0.2, -0.15) is 0 Å². The predicted octanol–water partition coefficient (Wildman–Crippen LogP) is 3.37. The normalized spacial score (nSPS) is 12.0. The molecule has 0 fully saturated rings. The molecule has 2 aromatic rings. The lowest BCUT2D eigenvalue weighted by Crippen LogP contribution is -2.24. The number of aromatic nitrogens is 1. The molecule has 0 saturated carbocycles. The lowest BCUT2D eigenvalue weighted by molar-refractivity contribution is 0.0316. The molecule has 110 valence electrons. The molecule has 1 heterocycles. The molecule has 0 aliphatic rings. The zero-order chi connectivity index (χ0) is 15.6. The Balaban J connectivity index is 2.13. The van der Waals surface area contributed by atoms with Gasteiger partial charge in [0.1, 0.15) is 11.3 Å². The first-order valence-electron chi connectivity index (χ1n) is 6.33. The standard InChI is InChI=1S/C15H14ClNO4/c1-8-13(9(2)21-17-8)15(19)20-10(3)14(18)11-5-4-6-12(16)7-11/h4-7,10H,1-3H3/t10-/m0/s1. The van der Waals surface area contributed by atoms with Crippen LogP contribution in [0.5, 0.6) is 0 Å². The van der Waals surface area contributed by atoms with Crippen molar-refractivity contribution in [2.75, 3.05) is 0 Å². The molecule has 0 aliphatic heterocycles. The van der Waals surface area contributed by atoms with Gasteiger partial charge < -0.3 is 9.26 Å². The van der Waals surface area contributed by atoms with Gasteiger partial charge in [-0.3, -0.25) is 4.79 Å². The molecule has 0 spiro atoms. The number of hydrogen-bond donors (Lipinski definition) is 0. The number of rotatable bonds is 4. The number of esters is 1. The Labute approximate surface area is 126 Å². The van der Waals surface area contributed by atoms with Gasteiger partial charge in [-0.15, -0.1) is 0 Å². The summed E-state index contributed by atoms with van der Waals surface area (Å²) in [5.74, 6) is -0.591. The van der Waals surface area contributed by atoms with Gasteiger partial charge in [-0.05, 0) is 32.9 Å². The van der Waals surface area contributed by atoms with Crippen LogP contribution < -0.4 is 0 Å². The molecule has 0 radical (unpaired) electrons. The smallest absolute Gasteiger partial charge is 0.344 e. The average Bonchev–Trinajstić information content (AvgIpc) is 2.77. The van der Waals surface area contributed by atoms with Gasteiger partial charge in [0.05, 0.1) is 5.69 Å². The van der Waals surface area contributed by atoms with E-state index in [0.717, 1.165) is 0 Å². The van der Waals surface area contributed by atoms with E-state index < -0.39 is 12.1 Å². The maximum Gasteiger partial charge on any atom is 0.344 e. The highest BCUT2D eigenvalue weighted by Crippen LogP contribution is 2.17. The molecule has 0 amide bonds. The fraction of sp³-hybridized carbons (Fsp3) is 0.267. The van der Waals surface area contributed by atoms with E-state index in [9.17, 15) is 9.59 Å². The van der Waals surface area contributed by atoms with Crippen molar-refractivity contribution < 1.29 is 18.8 Å². The van der Waals surface area contributed by atoms with Crippen molar-refractivity contribution in [3.63, 3.8) is 0 Å². The third kappa shape index (κ3) is 3.31. The number of carbonyl (C=O) groups is 2.